The predicted octanol–water partition coefficient (Wildman–Crippen LogP) is 4.02. The Hall–Kier alpha value is -3.75. The molecule has 184 valence electrons. The van der Waals surface area contributed by atoms with Gasteiger partial charge in [0.2, 0.25) is 0 Å². The first kappa shape index (κ1) is 24.4. The van der Waals surface area contributed by atoms with Crippen LogP contribution in [0.15, 0.2) is 35.1 Å². The van der Waals surface area contributed by atoms with Crippen molar-refractivity contribution in [1.82, 2.24) is 9.97 Å². The molecule has 2 N–H and O–H groups in total. The lowest BCUT2D eigenvalue weighted by Crippen LogP contribution is -2.22. The fourth-order valence-corrected chi connectivity index (χ4v) is 4.08. The van der Waals surface area contributed by atoms with E-state index in [0.29, 0.717) is 39.7 Å². The zero-order valence-corrected chi connectivity index (χ0v) is 19.7. The normalized spacial score (nSPS) is 15.3. The molecule has 1 aliphatic rings. The summed E-state index contributed by atoms with van der Waals surface area (Å²) in [7, 11) is 0. The van der Waals surface area contributed by atoms with Gasteiger partial charge in [0.1, 0.15) is 11.5 Å². The van der Waals surface area contributed by atoms with Gasteiger partial charge in [0.05, 0.1) is 17.3 Å². The number of halogens is 3. The van der Waals surface area contributed by atoms with Gasteiger partial charge in [-0.25, -0.2) is 4.79 Å². The van der Waals surface area contributed by atoms with Crippen LogP contribution in [0.5, 0.6) is 11.5 Å². The van der Waals surface area contributed by atoms with Crippen molar-refractivity contribution in [3.63, 3.8) is 0 Å². The molecule has 1 aromatic heterocycles. The Morgan fingerprint density at radius 2 is 1.89 bits per heavy atom. The molecule has 4 rings (SSSR count). The van der Waals surface area contributed by atoms with Crippen molar-refractivity contribution in [2.45, 2.75) is 39.5 Å². The third-order valence-corrected chi connectivity index (χ3v) is 5.87. The van der Waals surface area contributed by atoms with Crippen molar-refractivity contribution < 1.29 is 27.4 Å². The van der Waals surface area contributed by atoms with Gasteiger partial charge in [-0.1, -0.05) is 40.3 Å². The summed E-state index contributed by atoms with van der Waals surface area (Å²) in [6.45, 7) is 11.5. The van der Waals surface area contributed by atoms with E-state index in [1.165, 1.54) is 18.2 Å². The summed E-state index contributed by atoms with van der Waals surface area (Å²) in [5, 5.41) is 0.722. The Bertz CT molecular complexity index is 1480. The Morgan fingerprint density at radius 1 is 1.17 bits per heavy atom. The quantitative estimate of drug-likeness (QED) is 0.534. The van der Waals surface area contributed by atoms with Crippen LogP contribution in [0.4, 0.5) is 13.2 Å². The van der Waals surface area contributed by atoms with Crippen LogP contribution >= 0.6 is 0 Å². The molecule has 0 unspecified atom stereocenters. The molecule has 9 heteroatoms. The van der Waals surface area contributed by atoms with Gasteiger partial charge in [0.25, 0.3) is 0 Å². The average molecular weight is 486 g/mol. The number of fused-ring (bicyclic) bond motifs is 1. The van der Waals surface area contributed by atoms with Crippen molar-refractivity contribution in [2.24, 2.45) is 5.92 Å². The number of hydrogen-bond acceptors (Lipinski definition) is 4. The second-order valence-corrected chi connectivity index (χ2v) is 9.51. The smallest absolute Gasteiger partial charge is 0.492 e. The highest BCUT2D eigenvalue weighted by atomic mass is 19.4. The summed E-state index contributed by atoms with van der Waals surface area (Å²) in [4.78, 5) is 29.6. The number of hydrogen-bond donors (Lipinski definition) is 2. The first-order valence-electron chi connectivity index (χ1n) is 11.0. The van der Waals surface area contributed by atoms with E-state index in [9.17, 15) is 22.8 Å². The van der Waals surface area contributed by atoms with E-state index >= 15 is 0 Å². The molecule has 0 saturated heterocycles. The zero-order chi connectivity index (χ0) is 25.7. The standard InChI is InChI=1S/C26H25F3N2O4/c1-13(2)22(32)16-10-18(23-19(11-16)25(4,5)12-34-23)17-8-15(6-7-21(17)35-26(27,28)29)9-20-14(3)30-24(33)31-20/h6-11,13H,3,12H2,1-2,4-5H3,(H2,30,31,33)/b20-9-. The molecule has 0 fully saturated rings. The van der Waals surface area contributed by atoms with Crippen LogP contribution in [-0.2, 0) is 5.41 Å². The largest absolute Gasteiger partial charge is 0.573 e. The highest BCUT2D eigenvalue weighted by Crippen LogP contribution is 2.48. The van der Waals surface area contributed by atoms with E-state index < -0.39 is 23.2 Å². The van der Waals surface area contributed by atoms with Crippen molar-refractivity contribution >= 4 is 18.4 Å². The molecule has 1 aliphatic heterocycles. The minimum Gasteiger partial charge on any atom is -0.492 e. The van der Waals surface area contributed by atoms with Gasteiger partial charge >= 0.3 is 12.1 Å². The SMILES string of the molecule is C=c1[nH]c(=O)[nH]/c1=C\c1ccc(OC(F)(F)F)c(-c2cc(C(=O)C(C)C)cc3c2OCC3(C)C)c1. The first-order chi connectivity index (χ1) is 16.2. The number of imidazole rings is 1. The molecular formula is C26H25F3N2O4. The van der Waals surface area contributed by atoms with Crippen LogP contribution in [0.25, 0.3) is 23.8 Å². The topological polar surface area (TPSA) is 84.2 Å². The third-order valence-electron chi connectivity index (χ3n) is 5.87. The Kier molecular flexibility index (Phi) is 5.91. The zero-order valence-electron chi connectivity index (χ0n) is 19.7. The molecule has 0 aliphatic carbocycles. The number of ketones is 1. The van der Waals surface area contributed by atoms with Gasteiger partial charge in [0, 0.05) is 33.6 Å². The second kappa shape index (κ2) is 8.48. The molecule has 0 bridgehead atoms. The summed E-state index contributed by atoms with van der Waals surface area (Å²) in [6.07, 6.45) is -3.35. The number of carbonyl (C=O) groups excluding carboxylic acids is 1. The average Bonchev–Trinajstić information content (AvgIpc) is 3.24. The second-order valence-electron chi connectivity index (χ2n) is 9.51. The van der Waals surface area contributed by atoms with Crippen LogP contribution in [0.1, 0.15) is 49.2 Å². The van der Waals surface area contributed by atoms with Gasteiger partial charge in [-0.05, 0) is 35.9 Å². The molecule has 0 spiro atoms. The first-order valence-corrected chi connectivity index (χ1v) is 11.0. The van der Waals surface area contributed by atoms with E-state index in [1.807, 2.05) is 13.8 Å². The van der Waals surface area contributed by atoms with E-state index in [-0.39, 0.29) is 17.3 Å². The van der Waals surface area contributed by atoms with Crippen molar-refractivity contribution in [3.8, 4) is 22.6 Å². The van der Waals surface area contributed by atoms with Gasteiger partial charge in [-0.3, -0.25) is 4.79 Å². The minimum absolute atomic E-state index is 0.104. The summed E-state index contributed by atoms with van der Waals surface area (Å²) >= 11 is 0. The Balaban J connectivity index is 2.01. The third kappa shape index (κ3) is 4.89. The molecular weight excluding hydrogens is 461 g/mol. The van der Waals surface area contributed by atoms with Gasteiger partial charge < -0.3 is 19.4 Å². The number of H-pyrrole nitrogens is 2. The molecule has 0 radical (unpaired) electrons. The number of Topliss-reactive ketones (excluding diaryl/α,β-unsaturated/α-hetero) is 1. The van der Waals surface area contributed by atoms with Gasteiger partial charge in [0.15, 0.2) is 5.78 Å². The minimum atomic E-state index is -4.93. The van der Waals surface area contributed by atoms with Gasteiger partial charge in [-0.2, -0.15) is 0 Å². The monoisotopic (exact) mass is 486 g/mol. The summed E-state index contributed by atoms with van der Waals surface area (Å²) in [5.74, 6) is -0.466. The fraction of sp³-hybridized carbons (Fsp3) is 0.308. The maximum absolute atomic E-state index is 13.3. The van der Waals surface area contributed by atoms with E-state index in [1.54, 1.807) is 32.1 Å². The number of aromatic amines is 2. The number of rotatable bonds is 5. The maximum atomic E-state index is 13.3. The number of carbonyl (C=O) groups is 1. The Labute approximate surface area is 199 Å². The number of alkyl halides is 3. The van der Waals surface area contributed by atoms with E-state index in [2.05, 4.69) is 21.3 Å². The van der Waals surface area contributed by atoms with Crippen molar-refractivity contribution in [1.29, 1.82) is 0 Å². The highest BCUT2D eigenvalue weighted by molar-refractivity contribution is 6.00. The fourth-order valence-electron chi connectivity index (χ4n) is 4.08. The number of ether oxygens (including phenoxy) is 2. The number of benzene rings is 2. The molecule has 0 amide bonds. The lowest BCUT2D eigenvalue weighted by molar-refractivity contribution is -0.274. The van der Waals surface area contributed by atoms with Crippen LogP contribution in [0.2, 0.25) is 0 Å². The lowest BCUT2D eigenvalue weighted by Gasteiger charge is -2.19. The van der Waals surface area contributed by atoms with Crippen molar-refractivity contribution in [3.05, 3.63) is 68.2 Å². The molecule has 6 nitrogen and oxygen atoms in total. The number of nitrogens with one attached hydrogen (secondary N) is 2. The molecule has 2 heterocycles. The van der Waals surface area contributed by atoms with E-state index in [0.717, 1.165) is 5.56 Å². The molecule has 2 aromatic carbocycles. The van der Waals surface area contributed by atoms with Gasteiger partial charge in [-0.15, -0.1) is 13.2 Å². The molecule has 0 saturated carbocycles. The van der Waals surface area contributed by atoms with Crippen LogP contribution in [0.3, 0.4) is 0 Å². The lowest BCUT2D eigenvalue weighted by atomic mass is 9.82. The number of aromatic nitrogens is 2. The highest BCUT2D eigenvalue weighted by Gasteiger charge is 2.37. The summed E-state index contributed by atoms with van der Waals surface area (Å²) < 4.78 is 50.1. The maximum Gasteiger partial charge on any atom is 0.573 e. The molecule has 35 heavy (non-hydrogen) atoms. The predicted molar refractivity (Wildman–Crippen MR) is 126 cm³/mol. The molecule has 0 atom stereocenters. The summed E-state index contributed by atoms with van der Waals surface area (Å²) in [5.41, 5.74) is 1.14. The summed E-state index contributed by atoms with van der Waals surface area (Å²) in [6, 6.07) is 7.44. The van der Waals surface area contributed by atoms with Crippen LogP contribution < -0.4 is 25.9 Å². The van der Waals surface area contributed by atoms with E-state index in [4.69, 9.17) is 4.74 Å². The Morgan fingerprint density at radius 3 is 2.49 bits per heavy atom. The van der Waals surface area contributed by atoms with Crippen LogP contribution in [0, 0.1) is 5.92 Å². The molecule has 3 aromatic rings. The van der Waals surface area contributed by atoms with Crippen LogP contribution in [-0.4, -0.2) is 28.7 Å². The van der Waals surface area contributed by atoms with Crippen molar-refractivity contribution in [2.75, 3.05) is 6.61 Å².